The summed E-state index contributed by atoms with van der Waals surface area (Å²) in [6.45, 7) is -0.186. The van der Waals surface area contributed by atoms with E-state index in [4.69, 9.17) is 0 Å². The van der Waals surface area contributed by atoms with Gasteiger partial charge in [0.15, 0.2) is 5.82 Å². The normalized spacial score (nSPS) is 9.53. The molecule has 0 fully saturated rings. The quantitative estimate of drug-likeness (QED) is 0.648. The molecule has 0 spiro atoms. The van der Waals surface area contributed by atoms with Gasteiger partial charge in [0.05, 0.1) is 14.2 Å². The highest BCUT2D eigenvalue weighted by molar-refractivity contribution is 5.80. The van der Waals surface area contributed by atoms with Crippen LogP contribution in [0.3, 0.4) is 0 Å². The summed E-state index contributed by atoms with van der Waals surface area (Å²) in [5.74, 6) is -0.539. The molecule has 0 amide bonds. The average Bonchev–Trinajstić information content (AvgIpc) is 2.38. The van der Waals surface area contributed by atoms with Crippen LogP contribution in [0.4, 0.5) is 5.82 Å². The minimum atomic E-state index is -0.473. The van der Waals surface area contributed by atoms with Crippen molar-refractivity contribution < 1.29 is 19.1 Å². The molecule has 0 aliphatic carbocycles. The highest BCUT2D eigenvalue weighted by atomic mass is 16.5. The summed E-state index contributed by atoms with van der Waals surface area (Å²) in [4.78, 5) is 23.8. The molecule has 1 heterocycles. The maximum absolute atomic E-state index is 11.2. The number of nitrogens with zero attached hydrogens (tertiary/aromatic N) is 3. The van der Waals surface area contributed by atoms with E-state index in [9.17, 15) is 9.59 Å². The van der Waals surface area contributed by atoms with Crippen molar-refractivity contribution in [2.75, 3.05) is 32.2 Å². The van der Waals surface area contributed by atoms with Crippen molar-refractivity contribution >= 4 is 17.8 Å². The van der Waals surface area contributed by atoms with Gasteiger partial charge in [0.2, 0.25) is 0 Å². The van der Waals surface area contributed by atoms with Crippen LogP contribution >= 0.6 is 0 Å². The Labute approximate surface area is 98.3 Å². The largest absolute Gasteiger partial charge is 0.468 e. The minimum absolute atomic E-state index is 0.0930. The van der Waals surface area contributed by atoms with Gasteiger partial charge < -0.3 is 14.4 Å². The number of esters is 2. The lowest BCUT2D eigenvalue weighted by molar-refractivity contribution is -0.140. The summed E-state index contributed by atoms with van der Waals surface area (Å²) in [7, 11) is 2.55. The summed E-state index contributed by atoms with van der Waals surface area (Å²) < 4.78 is 9.07. The summed E-state index contributed by atoms with van der Waals surface area (Å²) in [5, 5.41) is 7.49. The predicted molar refractivity (Wildman–Crippen MR) is 58.3 cm³/mol. The highest BCUT2D eigenvalue weighted by Gasteiger charge is 2.17. The molecule has 0 aromatic carbocycles. The van der Waals surface area contributed by atoms with Crippen LogP contribution < -0.4 is 4.90 Å². The number of anilines is 1. The number of hydrogen-bond acceptors (Lipinski definition) is 7. The van der Waals surface area contributed by atoms with Gasteiger partial charge in [0, 0.05) is 6.20 Å². The predicted octanol–water partition coefficient (Wildman–Crippen LogP) is -0.371. The Hall–Kier alpha value is -2.18. The van der Waals surface area contributed by atoms with Crippen LogP contribution in [-0.2, 0) is 19.1 Å². The third kappa shape index (κ3) is 4.06. The molecule has 1 aromatic rings. The fourth-order valence-electron chi connectivity index (χ4n) is 1.12. The molecule has 7 heteroatoms. The number of rotatable bonds is 5. The van der Waals surface area contributed by atoms with Crippen LogP contribution in [0.15, 0.2) is 18.3 Å². The van der Waals surface area contributed by atoms with Gasteiger partial charge in [-0.15, -0.1) is 5.10 Å². The Bertz CT molecular complexity index is 364. The number of carbonyl (C=O) groups is 2. The third-order valence-corrected chi connectivity index (χ3v) is 1.98. The van der Waals surface area contributed by atoms with Crippen LogP contribution in [0.1, 0.15) is 0 Å². The van der Waals surface area contributed by atoms with Crippen molar-refractivity contribution in [2.45, 2.75) is 0 Å². The first-order valence-corrected chi connectivity index (χ1v) is 4.83. The fourth-order valence-corrected chi connectivity index (χ4v) is 1.12. The monoisotopic (exact) mass is 239 g/mol. The molecule has 0 aliphatic rings. The Morgan fingerprint density at radius 2 is 1.82 bits per heavy atom. The molecule has 0 N–H and O–H groups in total. The number of aromatic nitrogens is 2. The zero-order valence-electron chi connectivity index (χ0n) is 9.62. The Morgan fingerprint density at radius 1 is 1.24 bits per heavy atom. The Morgan fingerprint density at radius 3 is 2.24 bits per heavy atom. The second kappa shape index (κ2) is 6.41. The molecule has 0 atom stereocenters. The lowest BCUT2D eigenvalue weighted by atomic mass is 10.4. The van der Waals surface area contributed by atoms with E-state index in [2.05, 4.69) is 19.7 Å². The molecule has 0 aliphatic heterocycles. The van der Waals surface area contributed by atoms with Crippen LogP contribution in [0.25, 0.3) is 0 Å². The molecule has 0 saturated carbocycles. The summed E-state index contributed by atoms with van der Waals surface area (Å²) in [5.41, 5.74) is 0. The number of ether oxygens (including phenoxy) is 2. The zero-order valence-corrected chi connectivity index (χ0v) is 9.62. The topological polar surface area (TPSA) is 81.6 Å². The molecule has 7 nitrogen and oxygen atoms in total. The van der Waals surface area contributed by atoms with Crippen LogP contribution in [-0.4, -0.2) is 49.4 Å². The van der Waals surface area contributed by atoms with Crippen molar-refractivity contribution in [3.05, 3.63) is 18.3 Å². The average molecular weight is 239 g/mol. The maximum atomic E-state index is 11.2. The molecule has 92 valence electrons. The van der Waals surface area contributed by atoms with Crippen molar-refractivity contribution in [2.24, 2.45) is 0 Å². The van der Waals surface area contributed by atoms with E-state index in [1.54, 1.807) is 12.1 Å². The van der Waals surface area contributed by atoms with E-state index >= 15 is 0 Å². The number of hydrogen-bond donors (Lipinski definition) is 0. The van der Waals surface area contributed by atoms with Gasteiger partial charge in [-0.2, -0.15) is 5.10 Å². The van der Waals surface area contributed by atoms with Gasteiger partial charge >= 0.3 is 11.9 Å². The van der Waals surface area contributed by atoms with Crippen LogP contribution in [0.2, 0.25) is 0 Å². The van der Waals surface area contributed by atoms with Crippen LogP contribution in [0.5, 0.6) is 0 Å². The smallest absolute Gasteiger partial charge is 0.325 e. The number of carbonyl (C=O) groups excluding carboxylic acids is 2. The Kier molecular flexibility index (Phi) is 4.86. The van der Waals surface area contributed by atoms with Gasteiger partial charge in [-0.25, -0.2) is 0 Å². The van der Waals surface area contributed by atoms with Gasteiger partial charge in [-0.3, -0.25) is 9.59 Å². The SMILES string of the molecule is COC(=O)CN(CC(=O)OC)c1cccnn1. The lowest BCUT2D eigenvalue weighted by Crippen LogP contribution is -2.36. The van der Waals surface area contributed by atoms with Crippen molar-refractivity contribution in [1.82, 2.24) is 10.2 Å². The Balaban J connectivity index is 2.79. The molecule has 17 heavy (non-hydrogen) atoms. The third-order valence-electron chi connectivity index (χ3n) is 1.98. The maximum Gasteiger partial charge on any atom is 0.325 e. The van der Waals surface area contributed by atoms with Gasteiger partial charge in [-0.1, -0.05) is 0 Å². The molecule has 1 rings (SSSR count). The molecule has 0 radical (unpaired) electrons. The second-order valence-electron chi connectivity index (χ2n) is 3.09. The molecule has 0 bridgehead atoms. The van der Waals surface area contributed by atoms with E-state index < -0.39 is 11.9 Å². The van der Waals surface area contributed by atoms with Gasteiger partial charge in [0.25, 0.3) is 0 Å². The lowest BCUT2D eigenvalue weighted by Gasteiger charge is -2.19. The first-order chi connectivity index (χ1) is 8.17. The first kappa shape index (κ1) is 12.9. The standard InChI is InChI=1S/C10H13N3O4/c1-16-9(14)6-13(7-10(15)17-2)8-4-3-5-11-12-8/h3-5H,6-7H2,1-2H3. The number of methoxy groups -OCH3 is 2. The van der Waals surface area contributed by atoms with Gasteiger partial charge in [0.1, 0.15) is 13.1 Å². The summed E-state index contributed by atoms with van der Waals surface area (Å²) >= 11 is 0. The van der Waals surface area contributed by atoms with Crippen molar-refractivity contribution in [3.8, 4) is 0 Å². The summed E-state index contributed by atoms with van der Waals surface area (Å²) in [6, 6.07) is 3.29. The molecule has 1 aromatic heterocycles. The molecule has 0 unspecified atom stereocenters. The first-order valence-electron chi connectivity index (χ1n) is 4.83. The summed E-state index contributed by atoms with van der Waals surface area (Å²) in [6.07, 6.45) is 1.50. The van der Waals surface area contributed by atoms with Crippen molar-refractivity contribution in [3.63, 3.8) is 0 Å². The second-order valence-corrected chi connectivity index (χ2v) is 3.09. The minimum Gasteiger partial charge on any atom is -0.468 e. The zero-order chi connectivity index (χ0) is 12.7. The van der Waals surface area contributed by atoms with Crippen molar-refractivity contribution in [1.29, 1.82) is 0 Å². The van der Waals surface area contributed by atoms with Gasteiger partial charge in [-0.05, 0) is 12.1 Å². The fraction of sp³-hybridized carbons (Fsp3) is 0.400. The van der Waals surface area contributed by atoms with E-state index in [0.29, 0.717) is 5.82 Å². The van der Waals surface area contributed by atoms with E-state index in [1.807, 2.05) is 0 Å². The van der Waals surface area contributed by atoms with Crippen LogP contribution in [0, 0.1) is 0 Å². The molecular weight excluding hydrogens is 226 g/mol. The van der Waals surface area contributed by atoms with E-state index in [0.717, 1.165) is 0 Å². The van der Waals surface area contributed by atoms with E-state index in [-0.39, 0.29) is 13.1 Å². The highest BCUT2D eigenvalue weighted by Crippen LogP contribution is 2.07. The molecule has 0 saturated heterocycles. The van der Waals surface area contributed by atoms with E-state index in [1.165, 1.54) is 25.3 Å². The molecular formula is C10H13N3O4.